The zero-order chi connectivity index (χ0) is 29.6. The summed E-state index contributed by atoms with van der Waals surface area (Å²) in [4.78, 5) is 13.6. The molecule has 0 radical (unpaired) electrons. The second-order valence-electron chi connectivity index (χ2n) is 11.8. The Morgan fingerprint density at radius 1 is 0.721 bits per heavy atom. The van der Waals surface area contributed by atoms with E-state index in [-0.39, 0.29) is 0 Å². The molecule has 43 heavy (non-hydrogen) atoms. The number of halogens is 1. The molecule has 6 rings (SSSR count). The molecule has 5 aromatic rings. The topological polar surface area (TPSA) is 35.5 Å². The van der Waals surface area contributed by atoms with Crippen LogP contribution in [-0.2, 0) is 0 Å². The molecule has 220 valence electrons. The molecule has 0 spiro atoms. The van der Waals surface area contributed by atoms with Gasteiger partial charge in [0, 0.05) is 11.1 Å². The fraction of sp³-hybridized carbons (Fsp3) is 0.308. The van der Waals surface area contributed by atoms with E-state index < -0.39 is 12.8 Å². The summed E-state index contributed by atoms with van der Waals surface area (Å²) < 4.78 is 25.2. The number of benzene rings is 5. The molecule has 1 fully saturated rings. The zero-order valence-corrected chi connectivity index (χ0v) is 24.9. The Morgan fingerprint density at radius 3 is 1.95 bits per heavy atom. The van der Waals surface area contributed by atoms with E-state index in [9.17, 15) is 9.18 Å². The van der Waals surface area contributed by atoms with E-state index in [1.807, 2.05) is 78.9 Å². The van der Waals surface area contributed by atoms with Gasteiger partial charge in [0.2, 0.25) is 6.86 Å². The smallest absolute Gasteiger partial charge is 0.343 e. The minimum Gasteiger partial charge on any atom is -0.462 e. The summed E-state index contributed by atoms with van der Waals surface area (Å²) in [7, 11) is 0. The van der Waals surface area contributed by atoms with Crippen LogP contribution in [0.5, 0.6) is 11.5 Å². The molecule has 0 heterocycles. The molecule has 0 amide bonds. The first kappa shape index (κ1) is 28.9. The van der Waals surface area contributed by atoms with Gasteiger partial charge in [-0.3, -0.25) is 0 Å². The largest absolute Gasteiger partial charge is 0.462 e. The molecule has 0 N–H and O–H groups in total. The Hall–Kier alpha value is -4.18. The van der Waals surface area contributed by atoms with Crippen LogP contribution >= 0.6 is 0 Å². The normalized spacial score (nSPS) is 16.8. The van der Waals surface area contributed by atoms with Gasteiger partial charge in [0.15, 0.2) is 0 Å². The van der Waals surface area contributed by atoms with Gasteiger partial charge in [-0.05, 0) is 88.9 Å². The van der Waals surface area contributed by atoms with E-state index in [2.05, 4.69) is 19.1 Å². The van der Waals surface area contributed by atoms with Gasteiger partial charge in [-0.25, -0.2) is 9.18 Å². The molecule has 0 aromatic heterocycles. The summed E-state index contributed by atoms with van der Waals surface area (Å²) in [6, 6.07) is 31.3. The molecule has 5 aromatic carbocycles. The Morgan fingerprint density at radius 2 is 1.33 bits per heavy atom. The lowest BCUT2D eigenvalue weighted by atomic mass is 9.77. The third-order valence-corrected chi connectivity index (χ3v) is 9.12. The third kappa shape index (κ3) is 6.29. The van der Waals surface area contributed by atoms with Crippen LogP contribution in [0.1, 0.15) is 80.1 Å². The summed E-state index contributed by atoms with van der Waals surface area (Å²) in [5.74, 6) is 1.81. The van der Waals surface area contributed by atoms with E-state index in [4.69, 9.17) is 9.47 Å². The lowest BCUT2D eigenvalue weighted by Gasteiger charge is -2.29. The van der Waals surface area contributed by atoms with Crippen molar-refractivity contribution in [3.8, 4) is 22.6 Å². The number of carbonyl (C=O) groups excluding carboxylic acids is 1. The highest BCUT2D eigenvalue weighted by Gasteiger charge is 2.24. The number of ether oxygens (including phenoxy) is 2. The number of alkyl halides is 1. The number of fused-ring (bicyclic) bond motifs is 2. The van der Waals surface area contributed by atoms with Crippen molar-refractivity contribution in [2.24, 2.45) is 5.92 Å². The van der Waals surface area contributed by atoms with Gasteiger partial charge in [0.25, 0.3) is 0 Å². The van der Waals surface area contributed by atoms with Crippen molar-refractivity contribution in [3.63, 3.8) is 0 Å². The maximum Gasteiger partial charge on any atom is 0.343 e. The van der Waals surface area contributed by atoms with Crippen molar-refractivity contribution in [2.75, 3.05) is 6.86 Å². The maximum absolute atomic E-state index is 13.6. The summed E-state index contributed by atoms with van der Waals surface area (Å²) in [6.07, 6.45) is 10.4. The van der Waals surface area contributed by atoms with Gasteiger partial charge in [-0.15, -0.1) is 0 Å². The van der Waals surface area contributed by atoms with E-state index in [0.717, 1.165) is 27.5 Å². The second-order valence-corrected chi connectivity index (χ2v) is 11.8. The number of rotatable bonds is 10. The Balaban J connectivity index is 1.29. The molecule has 3 nitrogen and oxygen atoms in total. The fourth-order valence-electron chi connectivity index (χ4n) is 6.80. The molecule has 0 bridgehead atoms. The second kappa shape index (κ2) is 13.4. The fourth-order valence-corrected chi connectivity index (χ4v) is 6.80. The summed E-state index contributed by atoms with van der Waals surface area (Å²) in [5.41, 5.74) is 3.22. The first-order chi connectivity index (χ1) is 21.2. The lowest BCUT2D eigenvalue weighted by Crippen LogP contribution is -2.14. The van der Waals surface area contributed by atoms with Crippen LogP contribution in [0.3, 0.4) is 0 Å². The van der Waals surface area contributed by atoms with Crippen molar-refractivity contribution in [3.05, 3.63) is 108 Å². The van der Waals surface area contributed by atoms with Crippen molar-refractivity contribution in [1.82, 2.24) is 0 Å². The Bertz CT molecular complexity index is 1700. The molecule has 1 aliphatic rings. The molecule has 0 saturated heterocycles. The zero-order valence-electron chi connectivity index (χ0n) is 24.9. The Kier molecular flexibility index (Phi) is 9.02. The molecular weight excluding hydrogens is 535 g/mol. The predicted octanol–water partition coefficient (Wildman–Crippen LogP) is 11.0. The molecule has 1 saturated carbocycles. The predicted molar refractivity (Wildman–Crippen MR) is 174 cm³/mol. The van der Waals surface area contributed by atoms with Crippen LogP contribution in [0.2, 0.25) is 0 Å². The van der Waals surface area contributed by atoms with Crippen molar-refractivity contribution in [2.45, 2.75) is 64.2 Å². The van der Waals surface area contributed by atoms with Crippen LogP contribution in [0.25, 0.3) is 32.7 Å². The van der Waals surface area contributed by atoms with Gasteiger partial charge in [-0.1, -0.05) is 105 Å². The SMILES string of the molecule is CCCCCC1CCC(c2ccc(C(=O)Oc3ccc4ccccc4c3-c3c(OCF)ccc4ccccc34)cc2)CC1. The van der Waals surface area contributed by atoms with E-state index in [1.54, 1.807) is 6.07 Å². The number of hydrogen-bond acceptors (Lipinski definition) is 3. The third-order valence-electron chi connectivity index (χ3n) is 9.12. The van der Waals surface area contributed by atoms with Gasteiger partial charge in [-0.2, -0.15) is 0 Å². The lowest BCUT2D eigenvalue weighted by molar-refractivity contribution is 0.0735. The minimum absolute atomic E-state index is 0.402. The van der Waals surface area contributed by atoms with Crippen LogP contribution in [0.4, 0.5) is 4.39 Å². The molecule has 0 atom stereocenters. The first-order valence-corrected chi connectivity index (χ1v) is 15.7. The molecule has 4 heteroatoms. The highest BCUT2D eigenvalue weighted by Crippen LogP contribution is 2.46. The number of unbranched alkanes of at least 4 members (excludes halogenated alkanes) is 2. The average Bonchev–Trinajstić information content (AvgIpc) is 3.05. The van der Waals surface area contributed by atoms with Gasteiger partial charge in [0.1, 0.15) is 11.5 Å². The van der Waals surface area contributed by atoms with Gasteiger partial charge in [0.05, 0.1) is 5.56 Å². The Labute approximate surface area is 253 Å². The molecule has 1 aliphatic carbocycles. The van der Waals surface area contributed by atoms with E-state index in [1.165, 1.54) is 56.9 Å². The standard InChI is InChI=1S/C39H39FO3/c1-2-3-4-9-27-14-16-28(17-15-27)29-18-20-32(21-19-29)39(41)43-36-25-23-31-11-6-8-13-34(31)38(36)37-33-12-7-5-10-30(33)22-24-35(37)42-26-40/h5-8,10-13,18-25,27-28H,2-4,9,14-17,26H2,1H3. The van der Waals surface area contributed by atoms with Crippen LogP contribution in [0, 0.1) is 5.92 Å². The number of carbonyl (C=O) groups is 1. The molecule has 0 aliphatic heterocycles. The summed E-state index contributed by atoms with van der Waals surface area (Å²) >= 11 is 0. The van der Waals surface area contributed by atoms with E-state index in [0.29, 0.717) is 34.1 Å². The van der Waals surface area contributed by atoms with Gasteiger partial charge >= 0.3 is 5.97 Å². The van der Waals surface area contributed by atoms with E-state index >= 15 is 0 Å². The average molecular weight is 575 g/mol. The van der Waals surface area contributed by atoms with Crippen LogP contribution < -0.4 is 9.47 Å². The first-order valence-electron chi connectivity index (χ1n) is 15.7. The summed E-state index contributed by atoms with van der Waals surface area (Å²) in [5, 5.41) is 3.76. The quantitative estimate of drug-likeness (QED) is 0.0945. The maximum atomic E-state index is 13.6. The summed E-state index contributed by atoms with van der Waals surface area (Å²) in [6.45, 7) is 1.31. The number of hydrogen-bond donors (Lipinski definition) is 0. The van der Waals surface area contributed by atoms with Crippen LogP contribution in [-0.4, -0.2) is 12.8 Å². The molecule has 0 unspecified atom stereocenters. The minimum atomic E-state index is -0.960. The highest BCUT2D eigenvalue weighted by molar-refractivity contribution is 6.10. The van der Waals surface area contributed by atoms with Crippen molar-refractivity contribution >= 4 is 27.5 Å². The molecular formula is C39H39FO3. The monoisotopic (exact) mass is 574 g/mol. The van der Waals surface area contributed by atoms with Crippen LogP contribution in [0.15, 0.2) is 97.1 Å². The number of esters is 1. The van der Waals surface area contributed by atoms with Gasteiger partial charge < -0.3 is 9.47 Å². The highest BCUT2D eigenvalue weighted by atomic mass is 19.1. The van der Waals surface area contributed by atoms with Crippen molar-refractivity contribution < 1.29 is 18.7 Å². The van der Waals surface area contributed by atoms with Crippen molar-refractivity contribution in [1.29, 1.82) is 0 Å².